The van der Waals surface area contributed by atoms with Crippen molar-refractivity contribution in [3.05, 3.63) is 18.3 Å². The van der Waals surface area contributed by atoms with Crippen LogP contribution in [-0.4, -0.2) is 30.8 Å². The average molecular weight is 284 g/mol. The minimum Gasteiger partial charge on any atom is -0.308 e. The number of hydrogen-bond acceptors (Lipinski definition) is 5. The minimum absolute atomic E-state index is 0.0211. The Kier molecular flexibility index (Phi) is 3.80. The maximum absolute atomic E-state index is 12.6. The summed E-state index contributed by atoms with van der Waals surface area (Å²) in [5, 5.41) is 0. The van der Waals surface area contributed by atoms with Crippen LogP contribution in [0.5, 0.6) is 0 Å². The molecule has 3 N–H and O–H groups in total. The summed E-state index contributed by atoms with van der Waals surface area (Å²) in [5.41, 5.74) is 2.39. The van der Waals surface area contributed by atoms with Gasteiger partial charge < -0.3 is 5.43 Å². The molecule has 106 valence electrons. The summed E-state index contributed by atoms with van der Waals surface area (Å²) in [6.07, 6.45) is 3.38. The highest BCUT2D eigenvalue weighted by molar-refractivity contribution is 7.89. The zero-order chi connectivity index (χ0) is 14.1. The number of anilines is 1. The molecule has 2 rings (SSSR count). The number of hydrazine groups is 1. The van der Waals surface area contributed by atoms with Crippen LogP contribution < -0.4 is 11.3 Å². The van der Waals surface area contributed by atoms with Crippen molar-refractivity contribution >= 4 is 15.8 Å². The molecule has 0 spiro atoms. The topological polar surface area (TPSA) is 88.3 Å². The van der Waals surface area contributed by atoms with Gasteiger partial charge in [0.15, 0.2) is 0 Å². The Hall–Kier alpha value is -1.18. The molecule has 1 aromatic rings. The van der Waals surface area contributed by atoms with Gasteiger partial charge in [0.2, 0.25) is 10.0 Å². The molecular weight excluding hydrogens is 264 g/mol. The number of piperidine rings is 1. The zero-order valence-electron chi connectivity index (χ0n) is 11.3. The highest BCUT2D eigenvalue weighted by Crippen LogP contribution is 2.31. The first kappa shape index (κ1) is 14.2. The van der Waals surface area contributed by atoms with Gasteiger partial charge >= 0.3 is 0 Å². The van der Waals surface area contributed by atoms with Crippen molar-refractivity contribution in [3.8, 4) is 0 Å². The van der Waals surface area contributed by atoms with E-state index in [-0.39, 0.29) is 10.3 Å². The Morgan fingerprint density at radius 3 is 2.84 bits per heavy atom. The fraction of sp³-hybridized carbons (Fsp3) is 0.583. The Labute approximate surface area is 114 Å². The number of sulfonamides is 1. The van der Waals surface area contributed by atoms with Gasteiger partial charge in [0.1, 0.15) is 5.82 Å². The summed E-state index contributed by atoms with van der Waals surface area (Å²) in [7, 11) is -3.47. The predicted molar refractivity (Wildman–Crippen MR) is 73.8 cm³/mol. The molecule has 7 heteroatoms. The monoisotopic (exact) mass is 284 g/mol. The summed E-state index contributed by atoms with van der Waals surface area (Å²) in [4.78, 5) is 4.16. The smallest absolute Gasteiger partial charge is 0.243 e. The van der Waals surface area contributed by atoms with Crippen LogP contribution >= 0.6 is 0 Å². The highest BCUT2D eigenvalue weighted by atomic mass is 32.2. The Balaban J connectivity index is 2.31. The number of aromatic nitrogens is 1. The Morgan fingerprint density at radius 2 is 2.21 bits per heavy atom. The second-order valence-electron chi connectivity index (χ2n) is 5.63. The quantitative estimate of drug-likeness (QED) is 0.642. The SMILES string of the molecule is CC1(C)CCCN(S(=O)(=O)c2ccnc(NN)c2)C1. The van der Waals surface area contributed by atoms with E-state index in [1.165, 1.54) is 18.3 Å². The van der Waals surface area contributed by atoms with Gasteiger partial charge in [-0.25, -0.2) is 19.2 Å². The van der Waals surface area contributed by atoms with E-state index in [0.29, 0.717) is 18.9 Å². The molecule has 0 aliphatic carbocycles. The van der Waals surface area contributed by atoms with Gasteiger partial charge in [-0.05, 0) is 24.3 Å². The standard InChI is InChI=1S/C12H20N4O2S/c1-12(2)5-3-7-16(9-12)19(17,18)10-4-6-14-11(8-10)15-13/h4,6,8H,3,5,7,9,13H2,1-2H3,(H,14,15). The van der Waals surface area contributed by atoms with E-state index in [2.05, 4.69) is 24.3 Å². The summed E-state index contributed by atoms with van der Waals surface area (Å²) >= 11 is 0. The van der Waals surface area contributed by atoms with Crippen LogP contribution in [0.1, 0.15) is 26.7 Å². The third-order valence-electron chi connectivity index (χ3n) is 3.38. The lowest BCUT2D eigenvalue weighted by atomic mass is 9.85. The Bertz CT molecular complexity index is 557. The van der Waals surface area contributed by atoms with Gasteiger partial charge in [-0.3, -0.25) is 0 Å². The number of nitrogen functional groups attached to an aromatic ring is 1. The number of rotatable bonds is 3. The van der Waals surface area contributed by atoms with E-state index in [9.17, 15) is 8.42 Å². The van der Waals surface area contributed by atoms with Crippen molar-refractivity contribution in [3.63, 3.8) is 0 Å². The molecule has 0 atom stereocenters. The number of nitrogens with one attached hydrogen (secondary N) is 1. The first-order valence-electron chi connectivity index (χ1n) is 6.28. The van der Waals surface area contributed by atoms with Crippen molar-refractivity contribution in [1.82, 2.24) is 9.29 Å². The van der Waals surface area contributed by atoms with Crippen LogP contribution in [-0.2, 0) is 10.0 Å². The van der Waals surface area contributed by atoms with E-state index in [0.717, 1.165) is 12.8 Å². The lowest BCUT2D eigenvalue weighted by Crippen LogP contribution is -2.43. The summed E-state index contributed by atoms with van der Waals surface area (Å²) in [5.74, 6) is 5.61. The maximum Gasteiger partial charge on any atom is 0.243 e. The van der Waals surface area contributed by atoms with Gasteiger partial charge in [0.25, 0.3) is 0 Å². The molecule has 1 aliphatic heterocycles. The molecule has 0 radical (unpaired) electrons. The molecule has 0 amide bonds. The lowest BCUT2D eigenvalue weighted by molar-refractivity contribution is 0.187. The van der Waals surface area contributed by atoms with Crippen LogP contribution in [0.15, 0.2) is 23.2 Å². The summed E-state index contributed by atoms with van der Waals surface area (Å²) < 4.78 is 26.7. The lowest BCUT2D eigenvalue weighted by Gasteiger charge is -2.37. The van der Waals surface area contributed by atoms with E-state index in [4.69, 9.17) is 5.84 Å². The fourth-order valence-electron chi connectivity index (χ4n) is 2.37. The normalized spacial score (nSPS) is 20.2. The molecule has 1 aromatic heterocycles. The fourth-order valence-corrected chi connectivity index (χ4v) is 4.05. The van der Waals surface area contributed by atoms with Crippen LogP contribution in [0.2, 0.25) is 0 Å². The van der Waals surface area contributed by atoms with Gasteiger partial charge in [-0.15, -0.1) is 0 Å². The average Bonchev–Trinajstić information content (AvgIpc) is 2.37. The number of nitrogens with two attached hydrogens (primary N) is 1. The number of nitrogens with zero attached hydrogens (tertiary/aromatic N) is 2. The molecule has 0 saturated carbocycles. The van der Waals surface area contributed by atoms with E-state index < -0.39 is 10.0 Å². The third-order valence-corrected chi connectivity index (χ3v) is 5.22. The van der Waals surface area contributed by atoms with E-state index >= 15 is 0 Å². The minimum atomic E-state index is -3.47. The van der Waals surface area contributed by atoms with Crippen LogP contribution in [0.25, 0.3) is 0 Å². The zero-order valence-corrected chi connectivity index (χ0v) is 12.1. The van der Waals surface area contributed by atoms with Gasteiger partial charge in [0, 0.05) is 25.4 Å². The van der Waals surface area contributed by atoms with Crippen molar-refractivity contribution in [2.24, 2.45) is 11.3 Å². The maximum atomic E-state index is 12.6. The number of hydrogen-bond donors (Lipinski definition) is 2. The third kappa shape index (κ3) is 3.05. The summed E-state index contributed by atoms with van der Waals surface area (Å²) in [6, 6.07) is 2.95. The van der Waals surface area contributed by atoms with Crippen molar-refractivity contribution in [2.75, 3.05) is 18.5 Å². The molecule has 0 unspecified atom stereocenters. The second kappa shape index (κ2) is 5.07. The predicted octanol–water partition coefficient (Wildman–Crippen LogP) is 1.18. The van der Waals surface area contributed by atoms with Crippen LogP contribution in [0.3, 0.4) is 0 Å². The van der Waals surface area contributed by atoms with E-state index in [1.807, 2.05) is 0 Å². The van der Waals surface area contributed by atoms with Crippen molar-refractivity contribution in [2.45, 2.75) is 31.6 Å². The van der Waals surface area contributed by atoms with Crippen molar-refractivity contribution < 1.29 is 8.42 Å². The molecular formula is C12H20N4O2S. The van der Waals surface area contributed by atoms with Gasteiger partial charge in [-0.1, -0.05) is 13.8 Å². The van der Waals surface area contributed by atoms with Crippen LogP contribution in [0.4, 0.5) is 5.82 Å². The molecule has 1 saturated heterocycles. The molecule has 2 heterocycles. The molecule has 0 bridgehead atoms. The molecule has 1 aliphatic rings. The second-order valence-corrected chi connectivity index (χ2v) is 7.57. The van der Waals surface area contributed by atoms with Gasteiger partial charge in [-0.2, -0.15) is 4.31 Å². The molecule has 19 heavy (non-hydrogen) atoms. The summed E-state index contributed by atoms with van der Waals surface area (Å²) in [6.45, 7) is 5.30. The first-order valence-corrected chi connectivity index (χ1v) is 7.72. The number of pyridine rings is 1. The highest BCUT2D eigenvalue weighted by Gasteiger charge is 2.34. The van der Waals surface area contributed by atoms with Crippen LogP contribution in [0, 0.1) is 5.41 Å². The molecule has 6 nitrogen and oxygen atoms in total. The Morgan fingerprint density at radius 1 is 1.47 bits per heavy atom. The van der Waals surface area contributed by atoms with Crippen molar-refractivity contribution in [1.29, 1.82) is 0 Å². The van der Waals surface area contributed by atoms with Gasteiger partial charge in [0.05, 0.1) is 4.90 Å². The van der Waals surface area contributed by atoms with E-state index in [1.54, 1.807) is 4.31 Å². The largest absolute Gasteiger partial charge is 0.308 e. The first-order chi connectivity index (χ1) is 8.85. The molecule has 0 aromatic carbocycles. The molecule has 1 fully saturated rings.